The van der Waals surface area contributed by atoms with Crippen LogP contribution in [-0.4, -0.2) is 52.5 Å². The van der Waals surface area contributed by atoms with Crippen molar-refractivity contribution in [3.05, 3.63) is 20.8 Å². The second-order valence-corrected chi connectivity index (χ2v) is 9.82. The fourth-order valence-corrected chi connectivity index (χ4v) is 6.24. The normalized spacial score (nSPS) is 21.0. The van der Waals surface area contributed by atoms with E-state index >= 15 is 0 Å². The number of morpholine rings is 1. The highest BCUT2D eigenvalue weighted by Crippen LogP contribution is 2.35. The second kappa shape index (κ2) is 7.62. The van der Waals surface area contributed by atoms with Crippen molar-refractivity contribution in [3.8, 4) is 0 Å². The Balaban J connectivity index is 1.49. The third kappa shape index (κ3) is 3.59. The lowest BCUT2D eigenvalue weighted by molar-refractivity contribution is -0.0191. The minimum atomic E-state index is 0.114. The van der Waals surface area contributed by atoms with Gasteiger partial charge >= 0.3 is 0 Å². The van der Waals surface area contributed by atoms with Gasteiger partial charge in [0.05, 0.1) is 18.1 Å². The van der Waals surface area contributed by atoms with E-state index in [2.05, 4.69) is 18.7 Å². The molecule has 1 aliphatic carbocycles. The Labute approximate surface area is 162 Å². The molecule has 1 aliphatic heterocycles. The molecule has 3 heterocycles. The average Bonchev–Trinajstić information content (AvgIpc) is 3.17. The highest BCUT2D eigenvalue weighted by molar-refractivity contribution is 7.99. The molecule has 0 radical (unpaired) electrons. The van der Waals surface area contributed by atoms with E-state index in [9.17, 15) is 4.79 Å². The molecule has 2 aromatic rings. The lowest BCUT2D eigenvalue weighted by Crippen LogP contribution is -2.44. The molecule has 0 bridgehead atoms. The molecule has 26 heavy (non-hydrogen) atoms. The number of aromatic nitrogens is 2. The molecule has 4 rings (SSSR count). The van der Waals surface area contributed by atoms with Crippen LogP contribution in [0.3, 0.4) is 0 Å². The van der Waals surface area contributed by atoms with E-state index in [4.69, 9.17) is 9.72 Å². The Kier molecular flexibility index (Phi) is 5.41. The van der Waals surface area contributed by atoms with Crippen molar-refractivity contribution >= 4 is 33.3 Å². The number of hydrogen-bond acceptors (Lipinski definition) is 6. The molecule has 142 valence electrons. The highest BCUT2D eigenvalue weighted by atomic mass is 32.2. The van der Waals surface area contributed by atoms with Crippen LogP contribution in [0.15, 0.2) is 9.95 Å². The quantitative estimate of drug-likeness (QED) is 0.577. The molecule has 0 N–H and O–H groups in total. The Hall–Kier alpha value is -0.890. The molecule has 0 aromatic carbocycles. The lowest BCUT2D eigenvalue weighted by Gasteiger charge is -2.33. The van der Waals surface area contributed by atoms with E-state index in [0.717, 1.165) is 60.2 Å². The van der Waals surface area contributed by atoms with Crippen LogP contribution in [0.25, 0.3) is 10.2 Å². The van der Waals surface area contributed by atoms with Crippen molar-refractivity contribution < 1.29 is 4.74 Å². The standard InChI is InChI=1S/C19H27N3O2S2/c1-12(2)9-22-7-8-24-13(10-22)11-25-19-20-17-16(18(23)21(19)3)14-5-4-6-15(14)26-17/h12-13H,4-11H2,1-3H3/t13-/m0/s1. The summed E-state index contributed by atoms with van der Waals surface area (Å²) in [5, 5.41) is 1.68. The fraction of sp³-hybridized carbons (Fsp3) is 0.684. The summed E-state index contributed by atoms with van der Waals surface area (Å²) in [6.45, 7) is 8.41. The van der Waals surface area contributed by atoms with Crippen molar-refractivity contribution in [3.63, 3.8) is 0 Å². The van der Waals surface area contributed by atoms with Crippen LogP contribution in [0.1, 0.15) is 30.7 Å². The number of hydrogen-bond donors (Lipinski definition) is 0. The number of ether oxygens (including phenoxy) is 1. The second-order valence-electron chi connectivity index (χ2n) is 7.75. The first-order valence-corrected chi connectivity index (χ1v) is 11.3. The first-order valence-electron chi connectivity index (χ1n) is 9.51. The smallest absolute Gasteiger partial charge is 0.262 e. The van der Waals surface area contributed by atoms with Crippen LogP contribution in [0.2, 0.25) is 0 Å². The fourth-order valence-electron chi connectivity index (χ4n) is 3.97. The summed E-state index contributed by atoms with van der Waals surface area (Å²) in [6, 6.07) is 0. The van der Waals surface area contributed by atoms with Crippen LogP contribution in [0.5, 0.6) is 0 Å². The van der Waals surface area contributed by atoms with Gasteiger partial charge in [-0.3, -0.25) is 14.3 Å². The van der Waals surface area contributed by atoms with Gasteiger partial charge in [-0.15, -0.1) is 11.3 Å². The predicted molar refractivity (Wildman–Crippen MR) is 109 cm³/mol. The summed E-state index contributed by atoms with van der Waals surface area (Å²) in [7, 11) is 1.85. The lowest BCUT2D eigenvalue weighted by atomic mass is 10.2. The van der Waals surface area contributed by atoms with E-state index in [-0.39, 0.29) is 11.7 Å². The molecule has 2 aromatic heterocycles. The highest BCUT2D eigenvalue weighted by Gasteiger charge is 2.24. The minimum absolute atomic E-state index is 0.114. The van der Waals surface area contributed by atoms with Crippen LogP contribution in [0, 0.1) is 5.92 Å². The Morgan fingerprint density at radius 1 is 1.38 bits per heavy atom. The molecule has 0 saturated carbocycles. The summed E-state index contributed by atoms with van der Waals surface area (Å²) in [5.41, 5.74) is 1.37. The molecule has 0 spiro atoms. The molecule has 1 atom stereocenters. The molecule has 1 saturated heterocycles. The monoisotopic (exact) mass is 393 g/mol. The van der Waals surface area contributed by atoms with Gasteiger partial charge in [0, 0.05) is 37.3 Å². The van der Waals surface area contributed by atoms with Crippen molar-refractivity contribution in [1.29, 1.82) is 0 Å². The zero-order valence-electron chi connectivity index (χ0n) is 15.8. The van der Waals surface area contributed by atoms with Crippen molar-refractivity contribution in [1.82, 2.24) is 14.5 Å². The number of aryl methyl sites for hydroxylation is 2. The van der Waals surface area contributed by atoms with E-state index < -0.39 is 0 Å². The predicted octanol–water partition coefficient (Wildman–Crippen LogP) is 2.93. The summed E-state index contributed by atoms with van der Waals surface area (Å²) >= 11 is 3.37. The summed E-state index contributed by atoms with van der Waals surface area (Å²) in [4.78, 5) is 22.5. The number of fused-ring (bicyclic) bond motifs is 3. The van der Waals surface area contributed by atoms with Crippen LogP contribution in [-0.2, 0) is 24.6 Å². The summed E-state index contributed by atoms with van der Waals surface area (Å²) < 4.78 is 7.67. The van der Waals surface area contributed by atoms with Crippen LogP contribution >= 0.6 is 23.1 Å². The van der Waals surface area contributed by atoms with Gasteiger partial charge in [0.15, 0.2) is 5.16 Å². The summed E-state index contributed by atoms with van der Waals surface area (Å²) in [6.07, 6.45) is 3.50. The van der Waals surface area contributed by atoms with E-state index in [1.54, 1.807) is 27.7 Å². The maximum atomic E-state index is 12.9. The molecule has 5 nitrogen and oxygen atoms in total. The number of thioether (sulfide) groups is 1. The third-order valence-electron chi connectivity index (χ3n) is 5.15. The van der Waals surface area contributed by atoms with Gasteiger partial charge in [-0.05, 0) is 30.7 Å². The molecule has 2 aliphatic rings. The Morgan fingerprint density at radius 2 is 2.23 bits per heavy atom. The SMILES string of the molecule is CC(C)CN1CCO[C@H](CSc2nc3sc4c(c3c(=O)n2C)CCC4)C1. The third-order valence-corrected chi connectivity index (χ3v) is 7.50. The van der Waals surface area contributed by atoms with Crippen molar-refractivity contribution in [2.75, 3.05) is 32.0 Å². The first-order chi connectivity index (χ1) is 12.5. The molecule has 0 amide bonds. The number of nitrogens with zero attached hydrogens (tertiary/aromatic N) is 3. The van der Waals surface area contributed by atoms with Crippen molar-refractivity contribution in [2.24, 2.45) is 13.0 Å². The van der Waals surface area contributed by atoms with Gasteiger partial charge in [-0.1, -0.05) is 25.6 Å². The van der Waals surface area contributed by atoms with Gasteiger partial charge in [0.25, 0.3) is 5.56 Å². The number of thiophene rings is 1. The Bertz CT molecular complexity index is 859. The molecular weight excluding hydrogens is 366 g/mol. The maximum absolute atomic E-state index is 12.9. The van der Waals surface area contributed by atoms with Gasteiger partial charge in [0.2, 0.25) is 0 Å². The van der Waals surface area contributed by atoms with Gasteiger partial charge in [0.1, 0.15) is 4.83 Å². The molecular formula is C19H27N3O2S2. The largest absolute Gasteiger partial charge is 0.375 e. The van der Waals surface area contributed by atoms with E-state index in [1.165, 1.54) is 16.9 Å². The van der Waals surface area contributed by atoms with Gasteiger partial charge in [-0.25, -0.2) is 4.98 Å². The first kappa shape index (κ1) is 18.5. The van der Waals surface area contributed by atoms with Gasteiger partial charge in [-0.2, -0.15) is 0 Å². The molecule has 1 fully saturated rings. The van der Waals surface area contributed by atoms with Gasteiger partial charge < -0.3 is 4.74 Å². The average molecular weight is 394 g/mol. The topological polar surface area (TPSA) is 47.4 Å². The van der Waals surface area contributed by atoms with Crippen LogP contribution in [0.4, 0.5) is 0 Å². The van der Waals surface area contributed by atoms with E-state index in [1.807, 2.05) is 7.05 Å². The molecule has 7 heteroatoms. The maximum Gasteiger partial charge on any atom is 0.262 e. The Morgan fingerprint density at radius 3 is 3.04 bits per heavy atom. The van der Waals surface area contributed by atoms with Crippen molar-refractivity contribution in [2.45, 2.75) is 44.4 Å². The zero-order valence-corrected chi connectivity index (χ0v) is 17.4. The minimum Gasteiger partial charge on any atom is -0.375 e. The zero-order chi connectivity index (χ0) is 18.3. The van der Waals surface area contributed by atoms with Crippen LogP contribution < -0.4 is 5.56 Å². The van der Waals surface area contributed by atoms with E-state index in [0.29, 0.717) is 5.92 Å². The molecule has 0 unspecified atom stereocenters. The number of rotatable bonds is 5. The summed E-state index contributed by atoms with van der Waals surface area (Å²) in [5.74, 6) is 1.51.